The van der Waals surface area contributed by atoms with Gasteiger partial charge in [-0.15, -0.1) is 0 Å². The van der Waals surface area contributed by atoms with E-state index in [4.69, 9.17) is 26.4 Å². The average Bonchev–Trinajstić information content (AvgIpc) is 3.04. The van der Waals surface area contributed by atoms with Gasteiger partial charge in [-0.05, 0) is 48.1 Å². The summed E-state index contributed by atoms with van der Waals surface area (Å²) in [5.74, 6) is 2.25. The van der Waals surface area contributed by atoms with Crippen LogP contribution in [0.2, 0.25) is 0 Å². The van der Waals surface area contributed by atoms with Crippen LogP contribution in [0.15, 0.2) is 47.6 Å². The summed E-state index contributed by atoms with van der Waals surface area (Å²) in [4.78, 5) is 0. The van der Waals surface area contributed by atoms with Crippen LogP contribution < -0.4 is 14.2 Å². The molecule has 0 aliphatic rings. The molecule has 0 saturated carbocycles. The van der Waals surface area contributed by atoms with Gasteiger partial charge in [-0.3, -0.25) is 0 Å². The lowest BCUT2D eigenvalue weighted by molar-refractivity contribution is 0.288. The predicted octanol–water partition coefficient (Wildman–Crippen LogP) is 3.12. The van der Waals surface area contributed by atoms with Gasteiger partial charge in [0.2, 0.25) is 4.77 Å². The van der Waals surface area contributed by atoms with Crippen molar-refractivity contribution in [1.82, 2.24) is 14.9 Å². The molecule has 0 aliphatic carbocycles. The Kier molecular flexibility index (Phi) is 5.72. The van der Waals surface area contributed by atoms with Crippen LogP contribution in [0.25, 0.3) is 0 Å². The maximum Gasteiger partial charge on any atom is 0.216 e. The number of aromatic hydroxyl groups is 1. The first-order chi connectivity index (χ1) is 13.1. The van der Waals surface area contributed by atoms with Crippen molar-refractivity contribution < 1.29 is 19.3 Å². The molecule has 2 aromatic carbocycles. The largest absolute Gasteiger partial charge is 0.504 e. The minimum atomic E-state index is 0.0267. The molecule has 8 nitrogen and oxygen atoms in total. The van der Waals surface area contributed by atoms with E-state index < -0.39 is 0 Å². The fourth-order valence-corrected chi connectivity index (χ4v) is 2.49. The molecule has 0 saturated heterocycles. The van der Waals surface area contributed by atoms with Crippen LogP contribution in [0, 0.1) is 4.77 Å². The molecule has 140 valence electrons. The van der Waals surface area contributed by atoms with E-state index in [1.807, 2.05) is 18.2 Å². The van der Waals surface area contributed by atoms with Gasteiger partial charge in [0.25, 0.3) is 0 Å². The molecule has 0 fully saturated rings. The highest BCUT2D eigenvalue weighted by Crippen LogP contribution is 2.25. The molecular weight excluding hydrogens is 368 g/mol. The first-order valence-corrected chi connectivity index (χ1v) is 8.36. The molecular formula is C18H18N4O4S. The summed E-state index contributed by atoms with van der Waals surface area (Å²) in [5, 5.41) is 21.0. The molecule has 3 rings (SSSR count). The van der Waals surface area contributed by atoms with Crippen LogP contribution in [-0.4, -0.2) is 40.4 Å². The zero-order valence-electron chi connectivity index (χ0n) is 14.7. The molecule has 1 aromatic heterocycles. The Morgan fingerprint density at radius 3 is 2.74 bits per heavy atom. The number of hydrogen-bond acceptors (Lipinski definition) is 7. The number of nitrogens with zero attached hydrogens (tertiary/aromatic N) is 3. The predicted molar refractivity (Wildman–Crippen MR) is 102 cm³/mol. The van der Waals surface area contributed by atoms with Crippen molar-refractivity contribution in [3.05, 3.63) is 58.6 Å². The fraction of sp³-hybridized carbons (Fsp3) is 0.167. The van der Waals surface area contributed by atoms with E-state index in [1.165, 1.54) is 11.8 Å². The second-order valence-electron chi connectivity index (χ2n) is 5.40. The van der Waals surface area contributed by atoms with E-state index in [2.05, 4.69) is 15.3 Å². The molecule has 2 N–H and O–H groups in total. The zero-order chi connectivity index (χ0) is 19.2. The molecule has 0 atom stereocenters. The van der Waals surface area contributed by atoms with Gasteiger partial charge >= 0.3 is 0 Å². The maximum atomic E-state index is 9.85. The van der Waals surface area contributed by atoms with Gasteiger partial charge in [0.05, 0.1) is 20.4 Å². The number of benzene rings is 2. The summed E-state index contributed by atoms with van der Waals surface area (Å²) in [6, 6.07) is 12.2. The summed E-state index contributed by atoms with van der Waals surface area (Å²) >= 11 is 5.21. The van der Waals surface area contributed by atoms with E-state index in [0.29, 0.717) is 33.4 Å². The second kappa shape index (κ2) is 8.37. The highest BCUT2D eigenvalue weighted by Gasteiger charge is 2.07. The van der Waals surface area contributed by atoms with Crippen molar-refractivity contribution in [1.29, 1.82) is 0 Å². The zero-order valence-corrected chi connectivity index (χ0v) is 15.6. The Hall–Kier alpha value is -3.33. The molecule has 9 heteroatoms. The average molecular weight is 386 g/mol. The number of H-pyrrole nitrogens is 1. The van der Waals surface area contributed by atoms with E-state index in [0.717, 1.165) is 0 Å². The smallest absolute Gasteiger partial charge is 0.216 e. The highest BCUT2D eigenvalue weighted by atomic mass is 32.1. The van der Waals surface area contributed by atoms with Crippen LogP contribution >= 0.6 is 12.2 Å². The molecule has 0 amide bonds. The SMILES string of the molecule is COc1cccc(OCc2n[nH]c(=S)n2/N=C\c2ccc(OC)c(O)c2)c1. The van der Waals surface area contributed by atoms with Gasteiger partial charge in [-0.2, -0.15) is 14.9 Å². The monoisotopic (exact) mass is 386 g/mol. The standard InChI is InChI=1S/C18H18N4O4S/c1-24-13-4-3-5-14(9-13)26-11-17-20-21-18(27)22(17)19-10-12-6-7-16(25-2)15(23)8-12/h3-10,23H,11H2,1-2H3,(H,21,27)/b19-10-. The molecule has 27 heavy (non-hydrogen) atoms. The maximum absolute atomic E-state index is 9.85. The summed E-state index contributed by atoms with van der Waals surface area (Å²) < 4.78 is 17.7. The van der Waals surface area contributed by atoms with Gasteiger partial charge < -0.3 is 19.3 Å². The number of rotatable bonds is 7. The van der Waals surface area contributed by atoms with Crippen LogP contribution in [0.5, 0.6) is 23.0 Å². The molecule has 0 spiro atoms. The Balaban J connectivity index is 1.76. The van der Waals surface area contributed by atoms with Crippen LogP contribution in [0.3, 0.4) is 0 Å². The van der Waals surface area contributed by atoms with Gasteiger partial charge in [0, 0.05) is 6.07 Å². The molecule has 0 unspecified atom stereocenters. The van der Waals surface area contributed by atoms with Gasteiger partial charge in [0.15, 0.2) is 17.3 Å². The minimum Gasteiger partial charge on any atom is -0.504 e. The van der Waals surface area contributed by atoms with Crippen molar-refractivity contribution in [2.24, 2.45) is 5.10 Å². The Morgan fingerprint density at radius 1 is 1.19 bits per heavy atom. The lowest BCUT2D eigenvalue weighted by Crippen LogP contribution is -2.04. The second-order valence-corrected chi connectivity index (χ2v) is 5.79. The van der Waals surface area contributed by atoms with Crippen molar-refractivity contribution in [3.63, 3.8) is 0 Å². The summed E-state index contributed by atoms with van der Waals surface area (Å²) in [6.07, 6.45) is 1.56. The van der Waals surface area contributed by atoms with Crippen molar-refractivity contribution in [2.45, 2.75) is 6.61 Å². The highest BCUT2D eigenvalue weighted by molar-refractivity contribution is 7.71. The fourth-order valence-electron chi connectivity index (χ4n) is 2.29. The van der Waals surface area contributed by atoms with E-state index in [1.54, 1.807) is 37.6 Å². The third kappa shape index (κ3) is 4.45. The number of phenols is 1. The van der Waals surface area contributed by atoms with Crippen LogP contribution in [-0.2, 0) is 6.61 Å². The van der Waals surface area contributed by atoms with Gasteiger partial charge in [-0.25, -0.2) is 5.10 Å². The van der Waals surface area contributed by atoms with E-state index in [-0.39, 0.29) is 12.4 Å². The quantitative estimate of drug-likeness (QED) is 0.479. The number of aromatic nitrogens is 3. The molecule has 0 bridgehead atoms. The number of phenolic OH excluding ortho intramolecular Hbond substituents is 1. The Bertz CT molecular complexity index is 1010. The first-order valence-electron chi connectivity index (χ1n) is 7.95. The third-order valence-corrected chi connectivity index (χ3v) is 3.92. The Morgan fingerprint density at radius 2 is 2.00 bits per heavy atom. The first kappa shape index (κ1) is 18.5. The molecule has 0 radical (unpaired) electrons. The minimum absolute atomic E-state index is 0.0267. The number of methoxy groups -OCH3 is 2. The summed E-state index contributed by atoms with van der Waals surface area (Å²) in [5.41, 5.74) is 0.677. The van der Waals surface area contributed by atoms with Crippen LogP contribution in [0.1, 0.15) is 11.4 Å². The normalized spacial score (nSPS) is 10.9. The third-order valence-electron chi connectivity index (χ3n) is 3.65. The van der Waals surface area contributed by atoms with Crippen molar-refractivity contribution in [3.8, 4) is 23.0 Å². The molecule has 1 heterocycles. The van der Waals surface area contributed by atoms with Gasteiger partial charge in [0.1, 0.15) is 18.1 Å². The van der Waals surface area contributed by atoms with Gasteiger partial charge in [-0.1, -0.05) is 6.07 Å². The summed E-state index contributed by atoms with van der Waals surface area (Å²) in [6.45, 7) is 0.158. The molecule has 3 aromatic rings. The van der Waals surface area contributed by atoms with Crippen molar-refractivity contribution in [2.75, 3.05) is 14.2 Å². The van der Waals surface area contributed by atoms with E-state index >= 15 is 0 Å². The molecule has 0 aliphatic heterocycles. The number of hydrogen-bond donors (Lipinski definition) is 2. The lowest BCUT2D eigenvalue weighted by Gasteiger charge is -2.07. The number of ether oxygens (including phenoxy) is 3. The number of nitrogens with one attached hydrogen (secondary N) is 1. The summed E-state index contributed by atoms with van der Waals surface area (Å²) in [7, 11) is 3.08. The van der Waals surface area contributed by atoms with E-state index in [9.17, 15) is 5.11 Å². The lowest BCUT2D eigenvalue weighted by atomic mass is 10.2. The van der Waals surface area contributed by atoms with Crippen LogP contribution in [0.4, 0.5) is 0 Å². The topological polar surface area (TPSA) is 93.9 Å². The van der Waals surface area contributed by atoms with Crippen molar-refractivity contribution >= 4 is 18.4 Å². The Labute approximate surface area is 160 Å². The number of aromatic amines is 1.